The molecule has 0 unspecified atom stereocenters. The third-order valence-corrected chi connectivity index (χ3v) is 4.03. The molecule has 1 amide bonds. The lowest BCUT2D eigenvalue weighted by atomic mass is 10.2. The van der Waals surface area contributed by atoms with Crippen molar-refractivity contribution in [2.75, 3.05) is 6.61 Å². The Hall–Kier alpha value is -2.67. The summed E-state index contributed by atoms with van der Waals surface area (Å²) in [6.45, 7) is 4.28. The number of halogens is 1. The van der Waals surface area contributed by atoms with Gasteiger partial charge in [-0.1, -0.05) is 12.1 Å². The van der Waals surface area contributed by atoms with Gasteiger partial charge in [0.05, 0.1) is 18.5 Å². The topological polar surface area (TPSA) is 68.0 Å². The number of imidazole rings is 1. The molecule has 0 fully saturated rings. The fraction of sp³-hybridized carbons (Fsp3) is 0.167. The predicted octanol–water partition coefficient (Wildman–Crippen LogP) is 3.57. The van der Waals surface area contributed by atoms with Crippen LogP contribution in [0, 0.1) is 6.92 Å². The number of hydrogen-bond donors (Lipinski definition) is 1. The van der Waals surface area contributed by atoms with Crippen LogP contribution in [-0.2, 0) is 0 Å². The van der Waals surface area contributed by atoms with Crippen LogP contribution >= 0.6 is 15.9 Å². The van der Waals surface area contributed by atoms with Crippen molar-refractivity contribution in [2.24, 2.45) is 5.10 Å². The first kappa shape index (κ1) is 17.2. The van der Waals surface area contributed by atoms with Crippen LogP contribution in [0.5, 0.6) is 5.75 Å². The second-order valence-electron chi connectivity index (χ2n) is 5.29. The number of hydrazone groups is 1. The van der Waals surface area contributed by atoms with Crippen LogP contribution in [0.3, 0.4) is 0 Å². The average molecular weight is 401 g/mol. The first-order valence-electron chi connectivity index (χ1n) is 7.79. The van der Waals surface area contributed by atoms with Gasteiger partial charge in [0.25, 0.3) is 5.91 Å². The number of amides is 1. The number of carbonyl (C=O) groups is 1. The zero-order valence-electron chi connectivity index (χ0n) is 13.9. The molecular weight excluding hydrogens is 384 g/mol. The number of para-hydroxylation sites is 1. The molecule has 128 valence electrons. The highest BCUT2D eigenvalue weighted by atomic mass is 79.9. The Balaban J connectivity index is 1.82. The molecular formula is C18H17BrN4O2. The summed E-state index contributed by atoms with van der Waals surface area (Å²) in [7, 11) is 0. The van der Waals surface area contributed by atoms with Gasteiger partial charge in [0, 0.05) is 16.2 Å². The number of nitrogens with zero attached hydrogens (tertiary/aromatic N) is 3. The van der Waals surface area contributed by atoms with Crippen molar-refractivity contribution in [1.82, 2.24) is 14.8 Å². The lowest BCUT2D eigenvalue weighted by molar-refractivity contribution is 0.0948. The molecule has 3 rings (SSSR count). The smallest absolute Gasteiger partial charge is 0.290 e. The Morgan fingerprint density at radius 2 is 2.16 bits per heavy atom. The molecule has 0 saturated heterocycles. The van der Waals surface area contributed by atoms with Crippen LogP contribution < -0.4 is 10.2 Å². The fourth-order valence-corrected chi connectivity index (χ4v) is 2.83. The van der Waals surface area contributed by atoms with Gasteiger partial charge in [-0.25, -0.2) is 10.4 Å². The molecule has 0 aliphatic heterocycles. The summed E-state index contributed by atoms with van der Waals surface area (Å²) in [5.41, 5.74) is 5.14. The molecule has 7 heteroatoms. The molecule has 3 aromatic rings. The van der Waals surface area contributed by atoms with Crippen LogP contribution in [-0.4, -0.2) is 28.1 Å². The SMILES string of the molecule is CCOc1ccccc1C=NNC(=O)c1c(C)nc2ccc(Br)cn12. The van der Waals surface area contributed by atoms with E-state index < -0.39 is 0 Å². The van der Waals surface area contributed by atoms with E-state index >= 15 is 0 Å². The molecule has 0 bridgehead atoms. The standard InChI is InChI=1S/C18H17BrN4O2/c1-3-25-15-7-5-4-6-13(15)10-20-22-18(24)17-12(2)21-16-9-8-14(19)11-23(16)17/h4-11H,3H2,1-2H3,(H,22,24). The van der Waals surface area contributed by atoms with Crippen LogP contribution in [0.2, 0.25) is 0 Å². The normalized spacial score (nSPS) is 11.2. The van der Waals surface area contributed by atoms with Crippen LogP contribution in [0.15, 0.2) is 52.2 Å². The quantitative estimate of drug-likeness (QED) is 0.525. The fourth-order valence-electron chi connectivity index (χ4n) is 2.50. The number of hydrogen-bond acceptors (Lipinski definition) is 4. The minimum absolute atomic E-state index is 0.326. The summed E-state index contributed by atoms with van der Waals surface area (Å²) < 4.78 is 8.13. The Labute approximate surface area is 153 Å². The number of rotatable bonds is 5. The van der Waals surface area contributed by atoms with E-state index in [2.05, 4.69) is 31.4 Å². The van der Waals surface area contributed by atoms with E-state index in [0.717, 1.165) is 15.8 Å². The van der Waals surface area contributed by atoms with Gasteiger partial charge in [-0.15, -0.1) is 0 Å². The molecule has 6 nitrogen and oxygen atoms in total. The maximum atomic E-state index is 12.5. The van der Waals surface area contributed by atoms with Crippen molar-refractivity contribution in [1.29, 1.82) is 0 Å². The first-order valence-corrected chi connectivity index (χ1v) is 8.59. The van der Waals surface area contributed by atoms with Gasteiger partial charge in [0.15, 0.2) is 0 Å². The van der Waals surface area contributed by atoms with E-state index in [-0.39, 0.29) is 5.91 Å². The van der Waals surface area contributed by atoms with Crippen molar-refractivity contribution >= 4 is 33.7 Å². The molecule has 0 spiro atoms. The summed E-state index contributed by atoms with van der Waals surface area (Å²) in [5.74, 6) is 0.395. The number of benzene rings is 1. The zero-order valence-corrected chi connectivity index (χ0v) is 15.4. The second-order valence-corrected chi connectivity index (χ2v) is 6.21. The summed E-state index contributed by atoms with van der Waals surface area (Å²) in [6.07, 6.45) is 3.37. The van der Waals surface area contributed by atoms with Crippen molar-refractivity contribution < 1.29 is 9.53 Å². The van der Waals surface area contributed by atoms with Gasteiger partial charge in [-0.3, -0.25) is 9.20 Å². The summed E-state index contributed by atoms with van der Waals surface area (Å²) in [6, 6.07) is 11.2. The molecule has 2 heterocycles. The summed E-state index contributed by atoms with van der Waals surface area (Å²) in [4.78, 5) is 16.9. The third kappa shape index (κ3) is 3.71. The maximum absolute atomic E-state index is 12.5. The van der Waals surface area contributed by atoms with Gasteiger partial charge in [0.2, 0.25) is 0 Å². The Bertz CT molecular complexity index is 949. The summed E-state index contributed by atoms with van der Waals surface area (Å²) in [5, 5.41) is 4.05. The van der Waals surface area contributed by atoms with Crippen LogP contribution in [0.4, 0.5) is 0 Å². The number of carbonyl (C=O) groups excluding carboxylic acids is 1. The molecule has 25 heavy (non-hydrogen) atoms. The monoisotopic (exact) mass is 400 g/mol. The third-order valence-electron chi connectivity index (χ3n) is 3.56. The minimum atomic E-state index is -0.326. The second kappa shape index (κ2) is 7.48. The van der Waals surface area contributed by atoms with Crippen LogP contribution in [0.25, 0.3) is 5.65 Å². The van der Waals surface area contributed by atoms with E-state index in [1.165, 1.54) is 0 Å². The maximum Gasteiger partial charge on any atom is 0.290 e. The highest BCUT2D eigenvalue weighted by Gasteiger charge is 2.16. The average Bonchev–Trinajstić information content (AvgIpc) is 2.91. The largest absolute Gasteiger partial charge is 0.493 e. The highest BCUT2D eigenvalue weighted by Crippen LogP contribution is 2.17. The molecule has 0 aliphatic rings. The molecule has 2 aromatic heterocycles. The van der Waals surface area contributed by atoms with E-state index in [1.807, 2.05) is 43.3 Å². The molecule has 1 aromatic carbocycles. The number of fused-ring (bicyclic) bond motifs is 1. The number of aryl methyl sites for hydroxylation is 1. The summed E-state index contributed by atoms with van der Waals surface area (Å²) >= 11 is 3.41. The minimum Gasteiger partial charge on any atom is -0.493 e. The lowest BCUT2D eigenvalue weighted by Gasteiger charge is -2.06. The van der Waals surface area contributed by atoms with Gasteiger partial charge in [0.1, 0.15) is 17.1 Å². The van der Waals surface area contributed by atoms with Gasteiger partial charge >= 0.3 is 0 Å². The number of aromatic nitrogens is 2. The molecule has 0 saturated carbocycles. The van der Waals surface area contributed by atoms with Gasteiger partial charge in [-0.05, 0) is 54.0 Å². The Morgan fingerprint density at radius 3 is 2.96 bits per heavy atom. The molecule has 0 radical (unpaired) electrons. The van der Waals surface area contributed by atoms with E-state index in [1.54, 1.807) is 23.7 Å². The van der Waals surface area contributed by atoms with Gasteiger partial charge < -0.3 is 4.74 Å². The van der Waals surface area contributed by atoms with E-state index in [4.69, 9.17) is 4.74 Å². The zero-order chi connectivity index (χ0) is 17.8. The highest BCUT2D eigenvalue weighted by molar-refractivity contribution is 9.10. The lowest BCUT2D eigenvalue weighted by Crippen LogP contribution is -2.20. The number of pyridine rings is 1. The molecule has 0 atom stereocenters. The van der Waals surface area contributed by atoms with Crippen molar-refractivity contribution in [3.63, 3.8) is 0 Å². The molecule has 0 aliphatic carbocycles. The van der Waals surface area contributed by atoms with Crippen molar-refractivity contribution in [3.8, 4) is 5.75 Å². The molecule has 1 N–H and O–H groups in total. The number of ether oxygens (including phenoxy) is 1. The number of nitrogens with one attached hydrogen (secondary N) is 1. The first-order chi connectivity index (χ1) is 12.1. The Morgan fingerprint density at radius 1 is 1.36 bits per heavy atom. The van der Waals surface area contributed by atoms with E-state index in [0.29, 0.717) is 23.6 Å². The predicted molar refractivity (Wildman–Crippen MR) is 100 cm³/mol. The van der Waals surface area contributed by atoms with Crippen molar-refractivity contribution in [2.45, 2.75) is 13.8 Å². The van der Waals surface area contributed by atoms with Crippen LogP contribution in [0.1, 0.15) is 28.7 Å². The van der Waals surface area contributed by atoms with Gasteiger partial charge in [-0.2, -0.15) is 5.10 Å². The Kier molecular flexibility index (Phi) is 5.14. The van der Waals surface area contributed by atoms with Crippen molar-refractivity contribution in [3.05, 3.63) is 64.0 Å². The van der Waals surface area contributed by atoms with E-state index in [9.17, 15) is 4.79 Å².